The number of fused-ring (bicyclic) bond motifs is 3. The summed E-state index contributed by atoms with van der Waals surface area (Å²) in [6.07, 6.45) is 5.05. The average molecular weight is 484 g/mol. The SMILES string of the molecule is C=C(F)/C=C(/F)C=NCCOc1ccn(-c2ccc3c4c(n(C)c3n2)CCNCC4)c(=O)c1.CC. The van der Waals surface area contributed by atoms with Gasteiger partial charge in [-0.15, -0.1) is 0 Å². The number of ether oxygens (including phenoxy) is 1. The van der Waals surface area contributed by atoms with Gasteiger partial charge in [0, 0.05) is 49.4 Å². The molecule has 4 heterocycles. The van der Waals surface area contributed by atoms with Crippen molar-refractivity contribution in [2.24, 2.45) is 12.0 Å². The monoisotopic (exact) mass is 483 g/mol. The number of rotatable bonds is 7. The number of halogens is 2. The summed E-state index contributed by atoms with van der Waals surface area (Å²) in [4.78, 5) is 21.2. The summed E-state index contributed by atoms with van der Waals surface area (Å²) in [5.41, 5.74) is 3.18. The highest BCUT2D eigenvalue weighted by molar-refractivity contribution is 5.83. The predicted octanol–water partition coefficient (Wildman–Crippen LogP) is 4.22. The van der Waals surface area contributed by atoms with Crippen LogP contribution in [0, 0.1) is 0 Å². The lowest BCUT2D eigenvalue weighted by molar-refractivity contribution is 0.328. The Morgan fingerprint density at radius 3 is 2.77 bits per heavy atom. The van der Waals surface area contributed by atoms with Gasteiger partial charge < -0.3 is 14.6 Å². The van der Waals surface area contributed by atoms with Crippen LogP contribution in [0.2, 0.25) is 0 Å². The summed E-state index contributed by atoms with van der Waals surface area (Å²) in [7, 11) is 2.01. The molecule has 0 fully saturated rings. The fraction of sp³-hybridized carbons (Fsp3) is 0.346. The third kappa shape index (κ3) is 6.30. The van der Waals surface area contributed by atoms with Crippen LogP contribution in [-0.2, 0) is 19.9 Å². The first-order chi connectivity index (χ1) is 16.9. The van der Waals surface area contributed by atoms with Gasteiger partial charge in [0.15, 0.2) is 0 Å². The van der Waals surface area contributed by atoms with Crippen LogP contribution >= 0.6 is 0 Å². The van der Waals surface area contributed by atoms with Crippen molar-refractivity contribution in [3.63, 3.8) is 0 Å². The lowest BCUT2D eigenvalue weighted by atomic mass is 10.1. The molecule has 0 radical (unpaired) electrons. The molecule has 7 nitrogen and oxygen atoms in total. The number of pyridine rings is 2. The number of aliphatic imine (C=N–C) groups is 1. The van der Waals surface area contributed by atoms with Crippen molar-refractivity contribution in [2.75, 3.05) is 26.2 Å². The highest BCUT2D eigenvalue weighted by Crippen LogP contribution is 2.27. The molecule has 9 heteroatoms. The molecule has 0 unspecified atom stereocenters. The van der Waals surface area contributed by atoms with E-state index in [0.717, 1.165) is 43.2 Å². The van der Waals surface area contributed by atoms with Crippen molar-refractivity contribution in [3.8, 4) is 11.6 Å². The fourth-order valence-electron chi connectivity index (χ4n) is 3.99. The zero-order valence-electron chi connectivity index (χ0n) is 20.4. The average Bonchev–Trinajstić information content (AvgIpc) is 2.98. The number of aryl methyl sites for hydroxylation is 1. The van der Waals surface area contributed by atoms with Gasteiger partial charge in [-0.25, -0.2) is 13.8 Å². The van der Waals surface area contributed by atoms with Crippen molar-refractivity contribution >= 4 is 17.2 Å². The van der Waals surface area contributed by atoms with Crippen molar-refractivity contribution < 1.29 is 13.5 Å². The lowest BCUT2D eigenvalue weighted by Crippen LogP contribution is -2.18. The number of nitrogens with one attached hydrogen (secondary N) is 1. The maximum atomic E-state index is 13.2. The highest BCUT2D eigenvalue weighted by Gasteiger charge is 2.18. The molecule has 4 rings (SSSR count). The van der Waals surface area contributed by atoms with E-state index in [1.54, 1.807) is 12.3 Å². The van der Waals surface area contributed by atoms with Gasteiger partial charge in [0.05, 0.1) is 12.8 Å². The van der Waals surface area contributed by atoms with Gasteiger partial charge in [-0.05, 0) is 36.7 Å². The third-order valence-electron chi connectivity index (χ3n) is 5.48. The first-order valence-corrected chi connectivity index (χ1v) is 11.7. The minimum Gasteiger partial charge on any atom is -0.491 e. The molecule has 0 aliphatic carbocycles. The minimum absolute atomic E-state index is 0.137. The lowest BCUT2D eigenvalue weighted by Gasteiger charge is -2.09. The Balaban J connectivity index is 0.00000167. The molecule has 0 saturated heterocycles. The van der Waals surface area contributed by atoms with Crippen LogP contribution in [0.3, 0.4) is 0 Å². The van der Waals surface area contributed by atoms with Crippen LogP contribution in [0.5, 0.6) is 5.75 Å². The predicted molar refractivity (Wildman–Crippen MR) is 136 cm³/mol. The molecular formula is C26H31F2N5O2. The van der Waals surface area contributed by atoms with Gasteiger partial charge in [-0.1, -0.05) is 20.4 Å². The van der Waals surface area contributed by atoms with Gasteiger partial charge in [0.25, 0.3) is 5.56 Å². The Morgan fingerprint density at radius 2 is 2.03 bits per heavy atom. The molecular weight excluding hydrogens is 452 g/mol. The summed E-state index contributed by atoms with van der Waals surface area (Å²) in [6, 6.07) is 6.92. The first-order valence-electron chi connectivity index (χ1n) is 11.7. The Kier molecular flexibility index (Phi) is 9.08. The van der Waals surface area contributed by atoms with Crippen LogP contribution in [0.15, 0.2) is 64.6 Å². The molecule has 0 amide bonds. The second-order valence-electron chi connectivity index (χ2n) is 7.71. The number of nitrogens with zero attached hydrogens (tertiary/aromatic N) is 4. The molecule has 1 N–H and O–H groups in total. The Labute approximate surface area is 203 Å². The van der Waals surface area contributed by atoms with Crippen molar-refractivity contribution in [1.82, 2.24) is 19.4 Å². The van der Waals surface area contributed by atoms with E-state index in [2.05, 4.69) is 21.5 Å². The smallest absolute Gasteiger partial charge is 0.259 e. The molecule has 35 heavy (non-hydrogen) atoms. The molecule has 3 aromatic heterocycles. The van der Waals surface area contributed by atoms with Gasteiger partial charge in [0.2, 0.25) is 0 Å². The molecule has 1 aliphatic rings. The van der Waals surface area contributed by atoms with E-state index in [4.69, 9.17) is 9.72 Å². The van der Waals surface area contributed by atoms with Crippen LogP contribution in [0.1, 0.15) is 25.1 Å². The number of hydrogen-bond donors (Lipinski definition) is 1. The molecule has 3 aromatic rings. The van der Waals surface area contributed by atoms with E-state index in [1.165, 1.54) is 21.9 Å². The molecule has 186 valence electrons. The molecule has 0 aromatic carbocycles. The van der Waals surface area contributed by atoms with E-state index in [-0.39, 0.29) is 18.7 Å². The second kappa shape index (κ2) is 12.2. The summed E-state index contributed by atoms with van der Waals surface area (Å²) in [5, 5.41) is 4.54. The van der Waals surface area contributed by atoms with Crippen molar-refractivity contribution in [1.29, 1.82) is 0 Å². The summed E-state index contributed by atoms with van der Waals surface area (Å²) >= 11 is 0. The molecule has 0 atom stereocenters. The first kappa shape index (κ1) is 26.0. The van der Waals surface area contributed by atoms with E-state index >= 15 is 0 Å². The van der Waals surface area contributed by atoms with Crippen LogP contribution in [0.25, 0.3) is 16.9 Å². The van der Waals surface area contributed by atoms with Gasteiger partial charge in [0.1, 0.15) is 35.5 Å². The topological polar surface area (TPSA) is 73.4 Å². The van der Waals surface area contributed by atoms with Crippen LogP contribution < -0.4 is 15.6 Å². The molecule has 0 spiro atoms. The van der Waals surface area contributed by atoms with E-state index in [1.807, 2.05) is 33.0 Å². The number of aromatic nitrogens is 3. The van der Waals surface area contributed by atoms with E-state index in [9.17, 15) is 13.6 Å². The highest BCUT2D eigenvalue weighted by atomic mass is 19.1. The van der Waals surface area contributed by atoms with E-state index in [0.29, 0.717) is 17.6 Å². The zero-order chi connectivity index (χ0) is 25.4. The van der Waals surface area contributed by atoms with Crippen molar-refractivity contribution in [2.45, 2.75) is 26.7 Å². The minimum atomic E-state index is -0.885. The summed E-state index contributed by atoms with van der Waals surface area (Å²) in [5.74, 6) is -0.808. The van der Waals surface area contributed by atoms with Gasteiger partial charge in [-0.2, -0.15) is 0 Å². The number of allylic oxidation sites excluding steroid dienone is 3. The summed E-state index contributed by atoms with van der Waals surface area (Å²) < 4.78 is 34.7. The second-order valence-corrected chi connectivity index (χ2v) is 7.71. The Bertz CT molecular complexity index is 1310. The fourth-order valence-corrected chi connectivity index (χ4v) is 3.99. The largest absolute Gasteiger partial charge is 0.491 e. The standard InChI is InChI=1S/C24H25F2N5O2.C2H6/c1-16(25)13-17(26)15-28-10-12-33-18-7-11-31(23(32)14-18)22-4-3-20-19-5-8-27-9-6-21(19)30(2)24(20)29-22;1-2/h3-4,7,11,13-15,27H,1,5-6,8-10,12H2,2H3;1-2H3/b17-13+,28-15?;. The normalized spacial score (nSPS) is 13.8. The zero-order valence-corrected chi connectivity index (χ0v) is 20.4. The quantitative estimate of drug-likeness (QED) is 0.310. The molecule has 0 bridgehead atoms. The Morgan fingerprint density at radius 1 is 1.26 bits per heavy atom. The Hall–Kier alpha value is -3.59. The van der Waals surface area contributed by atoms with Crippen LogP contribution in [-0.4, -0.2) is 46.6 Å². The maximum absolute atomic E-state index is 13.2. The summed E-state index contributed by atoms with van der Waals surface area (Å²) in [6.45, 7) is 9.11. The van der Waals surface area contributed by atoms with Crippen LogP contribution in [0.4, 0.5) is 8.78 Å². The van der Waals surface area contributed by atoms with Crippen molar-refractivity contribution in [3.05, 3.63) is 76.4 Å². The number of hydrogen-bond acceptors (Lipinski definition) is 5. The maximum Gasteiger partial charge on any atom is 0.259 e. The van der Waals surface area contributed by atoms with E-state index < -0.39 is 11.7 Å². The van der Waals surface area contributed by atoms with Gasteiger partial charge in [-0.3, -0.25) is 14.4 Å². The van der Waals surface area contributed by atoms with Gasteiger partial charge >= 0.3 is 0 Å². The molecule has 0 saturated carbocycles. The molecule has 1 aliphatic heterocycles. The third-order valence-corrected chi connectivity index (χ3v) is 5.48.